The topological polar surface area (TPSA) is 38.1 Å². The van der Waals surface area contributed by atoms with Gasteiger partial charge in [-0.15, -0.1) is 0 Å². The largest absolute Gasteiger partial charge is 0.385 e. The van der Waals surface area contributed by atoms with Crippen molar-refractivity contribution in [3.63, 3.8) is 0 Å². The Labute approximate surface area is 88.4 Å². The Hall–Kier alpha value is -1.35. The number of aliphatic hydroxyl groups is 1. The second-order valence-electron chi connectivity index (χ2n) is 4.24. The number of fused-ring (bicyclic) bond motifs is 1. The molecule has 0 saturated heterocycles. The molecule has 1 N–H and O–H groups in total. The molecule has 0 spiro atoms. The van der Waals surface area contributed by atoms with Crippen LogP contribution in [0.1, 0.15) is 37.7 Å². The zero-order chi connectivity index (χ0) is 10.4. The first-order valence-corrected chi connectivity index (χ1v) is 5.42. The summed E-state index contributed by atoms with van der Waals surface area (Å²) in [7, 11) is 0. The molecule has 1 unspecified atom stereocenters. The highest BCUT2D eigenvalue weighted by molar-refractivity contribution is 5.76. The van der Waals surface area contributed by atoms with Gasteiger partial charge in [-0.3, -0.25) is 0 Å². The highest BCUT2D eigenvalue weighted by Crippen LogP contribution is 2.39. The maximum absolute atomic E-state index is 9.70. The van der Waals surface area contributed by atoms with Crippen LogP contribution in [0.5, 0.6) is 0 Å². The van der Waals surface area contributed by atoms with E-state index in [1.807, 2.05) is 18.2 Å². The van der Waals surface area contributed by atoms with Crippen LogP contribution in [0.25, 0.3) is 11.0 Å². The summed E-state index contributed by atoms with van der Waals surface area (Å²) in [6.07, 6.45) is 1.93. The average Bonchev–Trinajstić information content (AvgIpc) is 2.98. The predicted octanol–water partition coefficient (Wildman–Crippen LogP) is 2.42. The molecular weight excluding hydrogens is 188 g/mol. The van der Waals surface area contributed by atoms with Crippen LogP contribution >= 0.6 is 0 Å². The Morgan fingerprint density at radius 3 is 2.80 bits per heavy atom. The highest BCUT2D eigenvalue weighted by Gasteiger charge is 2.29. The van der Waals surface area contributed by atoms with Gasteiger partial charge in [0.05, 0.1) is 11.0 Å². The van der Waals surface area contributed by atoms with Crippen LogP contribution in [0.15, 0.2) is 24.3 Å². The number of hydrogen-bond donors (Lipinski definition) is 1. The molecule has 3 heteroatoms. The second-order valence-corrected chi connectivity index (χ2v) is 4.24. The molecule has 3 rings (SSSR count). The fourth-order valence-corrected chi connectivity index (χ4v) is 2.07. The maximum atomic E-state index is 9.70. The van der Waals surface area contributed by atoms with E-state index < -0.39 is 6.10 Å². The fourth-order valence-electron chi connectivity index (χ4n) is 2.07. The van der Waals surface area contributed by atoms with Crippen LogP contribution in [0.2, 0.25) is 0 Å². The lowest BCUT2D eigenvalue weighted by Gasteiger charge is -2.08. The molecule has 2 aromatic rings. The number of aromatic nitrogens is 2. The molecule has 1 aliphatic carbocycles. The van der Waals surface area contributed by atoms with E-state index in [1.165, 1.54) is 12.8 Å². The first-order chi connectivity index (χ1) is 7.27. The first kappa shape index (κ1) is 8.92. The van der Waals surface area contributed by atoms with Gasteiger partial charge in [0.2, 0.25) is 0 Å². The average molecular weight is 202 g/mol. The molecule has 15 heavy (non-hydrogen) atoms. The van der Waals surface area contributed by atoms with E-state index in [1.54, 1.807) is 6.92 Å². The van der Waals surface area contributed by atoms with Gasteiger partial charge in [0, 0.05) is 6.04 Å². The van der Waals surface area contributed by atoms with Crippen molar-refractivity contribution in [1.82, 2.24) is 9.55 Å². The van der Waals surface area contributed by atoms with Gasteiger partial charge in [-0.2, -0.15) is 0 Å². The van der Waals surface area contributed by atoms with Crippen molar-refractivity contribution >= 4 is 11.0 Å². The fraction of sp³-hybridized carbons (Fsp3) is 0.417. The molecule has 1 saturated carbocycles. The van der Waals surface area contributed by atoms with Crippen molar-refractivity contribution in [2.75, 3.05) is 0 Å². The van der Waals surface area contributed by atoms with E-state index >= 15 is 0 Å². The maximum Gasteiger partial charge on any atom is 0.138 e. The standard InChI is InChI=1S/C12H14N2O/c1-8(15)12-13-10-4-2-3-5-11(10)14(12)9-6-7-9/h2-5,8-9,15H,6-7H2,1H3. The van der Waals surface area contributed by atoms with Gasteiger partial charge >= 0.3 is 0 Å². The van der Waals surface area contributed by atoms with Gasteiger partial charge in [-0.1, -0.05) is 12.1 Å². The molecule has 78 valence electrons. The minimum absolute atomic E-state index is 0.488. The third kappa shape index (κ3) is 1.35. The Kier molecular flexibility index (Phi) is 1.83. The van der Waals surface area contributed by atoms with E-state index in [4.69, 9.17) is 0 Å². The molecule has 0 radical (unpaired) electrons. The van der Waals surface area contributed by atoms with Crippen molar-refractivity contribution in [2.24, 2.45) is 0 Å². The van der Waals surface area contributed by atoms with Crippen molar-refractivity contribution in [3.8, 4) is 0 Å². The van der Waals surface area contributed by atoms with E-state index in [-0.39, 0.29) is 0 Å². The summed E-state index contributed by atoms with van der Waals surface area (Å²) < 4.78 is 2.19. The lowest BCUT2D eigenvalue weighted by atomic mass is 10.3. The lowest BCUT2D eigenvalue weighted by molar-refractivity contribution is 0.184. The molecule has 1 heterocycles. The zero-order valence-corrected chi connectivity index (χ0v) is 8.72. The predicted molar refractivity (Wildman–Crippen MR) is 58.6 cm³/mol. The third-order valence-electron chi connectivity index (χ3n) is 2.91. The quantitative estimate of drug-likeness (QED) is 0.812. The molecule has 1 aliphatic rings. The number of hydrogen-bond acceptors (Lipinski definition) is 2. The van der Waals surface area contributed by atoms with Crippen molar-refractivity contribution in [1.29, 1.82) is 0 Å². The van der Waals surface area contributed by atoms with Gasteiger partial charge < -0.3 is 9.67 Å². The van der Waals surface area contributed by atoms with Crippen LogP contribution in [0, 0.1) is 0 Å². The third-order valence-corrected chi connectivity index (χ3v) is 2.91. The lowest BCUT2D eigenvalue weighted by Crippen LogP contribution is -2.04. The van der Waals surface area contributed by atoms with Crippen molar-refractivity contribution < 1.29 is 5.11 Å². The Bertz CT molecular complexity index is 497. The van der Waals surface area contributed by atoms with Gasteiger partial charge in [-0.25, -0.2) is 4.98 Å². The summed E-state index contributed by atoms with van der Waals surface area (Å²) in [5.74, 6) is 0.804. The molecule has 0 amide bonds. The summed E-state index contributed by atoms with van der Waals surface area (Å²) in [6.45, 7) is 1.78. The van der Waals surface area contributed by atoms with Crippen LogP contribution in [0.4, 0.5) is 0 Å². The van der Waals surface area contributed by atoms with E-state index in [9.17, 15) is 5.11 Å². The highest BCUT2D eigenvalue weighted by atomic mass is 16.3. The van der Waals surface area contributed by atoms with Crippen molar-refractivity contribution in [3.05, 3.63) is 30.1 Å². The van der Waals surface area contributed by atoms with Gasteiger partial charge in [0.15, 0.2) is 0 Å². The van der Waals surface area contributed by atoms with Gasteiger partial charge in [0.25, 0.3) is 0 Å². The van der Waals surface area contributed by atoms with E-state index in [0.29, 0.717) is 6.04 Å². The zero-order valence-electron chi connectivity index (χ0n) is 8.72. The normalized spacial score (nSPS) is 18.3. The monoisotopic (exact) mass is 202 g/mol. The molecule has 0 bridgehead atoms. The van der Waals surface area contributed by atoms with E-state index in [2.05, 4.69) is 15.6 Å². The van der Waals surface area contributed by atoms with Crippen LogP contribution in [-0.2, 0) is 0 Å². The number of para-hydroxylation sites is 2. The van der Waals surface area contributed by atoms with Crippen LogP contribution in [-0.4, -0.2) is 14.7 Å². The first-order valence-electron chi connectivity index (χ1n) is 5.42. The molecule has 3 nitrogen and oxygen atoms in total. The van der Waals surface area contributed by atoms with Crippen LogP contribution in [0.3, 0.4) is 0 Å². The van der Waals surface area contributed by atoms with Gasteiger partial charge in [0.1, 0.15) is 11.9 Å². The van der Waals surface area contributed by atoms with Crippen molar-refractivity contribution in [2.45, 2.75) is 31.9 Å². The minimum Gasteiger partial charge on any atom is -0.385 e. The smallest absolute Gasteiger partial charge is 0.138 e. The minimum atomic E-state index is -0.488. The molecule has 1 aromatic carbocycles. The molecule has 1 fully saturated rings. The summed E-state index contributed by atoms with van der Waals surface area (Å²) in [6, 6.07) is 8.64. The molecule has 1 aromatic heterocycles. The van der Waals surface area contributed by atoms with Crippen LogP contribution < -0.4 is 0 Å². The number of rotatable bonds is 2. The number of nitrogens with zero attached hydrogens (tertiary/aromatic N) is 2. The number of aliphatic hydroxyl groups excluding tert-OH is 1. The van der Waals surface area contributed by atoms with E-state index in [0.717, 1.165) is 16.9 Å². The molecule has 1 atom stereocenters. The SMILES string of the molecule is CC(O)c1nc2ccccc2n1C1CC1. The number of imidazole rings is 1. The second kappa shape index (κ2) is 3.07. The summed E-state index contributed by atoms with van der Waals surface area (Å²) in [5, 5.41) is 9.70. The molecule has 0 aliphatic heterocycles. The summed E-state index contributed by atoms with van der Waals surface area (Å²) in [4.78, 5) is 4.49. The Morgan fingerprint density at radius 2 is 2.13 bits per heavy atom. The Balaban J connectivity index is 2.28. The number of benzene rings is 1. The van der Waals surface area contributed by atoms with Gasteiger partial charge in [-0.05, 0) is 31.9 Å². The molecular formula is C12H14N2O. The summed E-state index contributed by atoms with van der Waals surface area (Å²) in [5.41, 5.74) is 2.14. The summed E-state index contributed by atoms with van der Waals surface area (Å²) >= 11 is 0. The Morgan fingerprint density at radius 1 is 1.40 bits per heavy atom.